The van der Waals surface area contributed by atoms with Crippen molar-refractivity contribution >= 4 is 9.84 Å². The molecular formula is C11H21NO2S. The molecule has 3 nitrogen and oxygen atoms in total. The predicted octanol–water partition coefficient (Wildman–Crippen LogP) is 1.47. The molecule has 2 N–H and O–H groups in total. The second-order valence-electron chi connectivity index (χ2n) is 5.25. The number of rotatable bonds is 5. The standard InChI is InChI=1S/C11H21NO2S/c12-8-7-11(5-6-11)9-15(13,14)10-3-1-2-4-10/h10H,1-9,12H2. The van der Waals surface area contributed by atoms with Gasteiger partial charge >= 0.3 is 0 Å². The van der Waals surface area contributed by atoms with Gasteiger partial charge in [-0.2, -0.15) is 0 Å². The first-order valence-corrected chi connectivity index (χ1v) is 7.71. The van der Waals surface area contributed by atoms with E-state index in [1.54, 1.807) is 0 Å². The quantitative estimate of drug-likeness (QED) is 0.779. The summed E-state index contributed by atoms with van der Waals surface area (Å²) in [4.78, 5) is 0. The van der Waals surface area contributed by atoms with E-state index in [0.717, 1.165) is 44.9 Å². The van der Waals surface area contributed by atoms with Crippen molar-refractivity contribution in [2.45, 2.75) is 50.2 Å². The van der Waals surface area contributed by atoms with Gasteiger partial charge in [0.2, 0.25) is 0 Å². The number of hydrogen-bond donors (Lipinski definition) is 1. The Morgan fingerprint density at radius 2 is 1.80 bits per heavy atom. The Morgan fingerprint density at radius 3 is 2.27 bits per heavy atom. The zero-order chi connectivity index (χ0) is 10.9. The van der Waals surface area contributed by atoms with Crippen LogP contribution in [0.15, 0.2) is 0 Å². The summed E-state index contributed by atoms with van der Waals surface area (Å²) in [6.07, 6.45) is 6.98. The highest BCUT2D eigenvalue weighted by Crippen LogP contribution is 2.50. The molecule has 15 heavy (non-hydrogen) atoms. The van der Waals surface area contributed by atoms with Gasteiger partial charge in [0.15, 0.2) is 9.84 Å². The fraction of sp³-hybridized carbons (Fsp3) is 1.00. The van der Waals surface area contributed by atoms with Gasteiger partial charge in [0.1, 0.15) is 0 Å². The first kappa shape index (κ1) is 11.4. The van der Waals surface area contributed by atoms with Crippen LogP contribution in [0.25, 0.3) is 0 Å². The second-order valence-corrected chi connectivity index (χ2v) is 7.53. The van der Waals surface area contributed by atoms with Crippen LogP contribution in [0.1, 0.15) is 44.9 Å². The third-order valence-electron chi connectivity index (χ3n) is 3.95. The maximum Gasteiger partial charge on any atom is 0.153 e. The largest absolute Gasteiger partial charge is 0.330 e. The van der Waals surface area contributed by atoms with Crippen LogP contribution in [0.4, 0.5) is 0 Å². The van der Waals surface area contributed by atoms with Crippen molar-refractivity contribution < 1.29 is 8.42 Å². The SMILES string of the molecule is NCCC1(CS(=O)(=O)C2CCCC2)CC1. The molecule has 0 aliphatic heterocycles. The zero-order valence-corrected chi connectivity index (χ0v) is 10.1. The lowest BCUT2D eigenvalue weighted by atomic mass is 10.1. The van der Waals surface area contributed by atoms with Crippen LogP contribution < -0.4 is 5.73 Å². The summed E-state index contributed by atoms with van der Waals surface area (Å²) >= 11 is 0. The molecule has 2 aliphatic rings. The highest BCUT2D eigenvalue weighted by molar-refractivity contribution is 7.92. The van der Waals surface area contributed by atoms with Crippen molar-refractivity contribution in [3.63, 3.8) is 0 Å². The van der Waals surface area contributed by atoms with Crippen molar-refractivity contribution in [3.05, 3.63) is 0 Å². The van der Waals surface area contributed by atoms with E-state index in [4.69, 9.17) is 5.73 Å². The molecule has 88 valence electrons. The van der Waals surface area contributed by atoms with Crippen LogP contribution in [-0.2, 0) is 9.84 Å². The third kappa shape index (κ3) is 2.53. The van der Waals surface area contributed by atoms with Gasteiger partial charge in [0, 0.05) is 0 Å². The zero-order valence-electron chi connectivity index (χ0n) is 9.24. The van der Waals surface area contributed by atoms with Crippen LogP contribution in [0.3, 0.4) is 0 Å². The van der Waals surface area contributed by atoms with Gasteiger partial charge in [0.05, 0.1) is 11.0 Å². The number of sulfone groups is 1. The minimum Gasteiger partial charge on any atom is -0.330 e. The molecule has 0 aromatic heterocycles. The van der Waals surface area contributed by atoms with Gasteiger partial charge in [0.25, 0.3) is 0 Å². The fourth-order valence-corrected chi connectivity index (χ4v) is 5.32. The number of nitrogens with two attached hydrogens (primary N) is 1. The van der Waals surface area contributed by atoms with Gasteiger partial charge in [-0.3, -0.25) is 0 Å². The molecular weight excluding hydrogens is 210 g/mol. The topological polar surface area (TPSA) is 60.2 Å². The van der Waals surface area contributed by atoms with E-state index in [1.807, 2.05) is 0 Å². The Hall–Kier alpha value is -0.0900. The molecule has 0 aromatic rings. The average Bonchev–Trinajstić information content (AvgIpc) is 2.70. The summed E-state index contributed by atoms with van der Waals surface area (Å²) in [6.45, 7) is 0.625. The second kappa shape index (κ2) is 4.06. The van der Waals surface area contributed by atoms with E-state index in [2.05, 4.69) is 0 Å². The lowest BCUT2D eigenvalue weighted by Crippen LogP contribution is -2.27. The van der Waals surface area contributed by atoms with E-state index in [1.165, 1.54) is 0 Å². The van der Waals surface area contributed by atoms with Crippen LogP contribution >= 0.6 is 0 Å². The van der Waals surface area contributed by atoms with Gasteiger partial charge < -0.3 is 5.73 Å². The average molecular weight is 231 g/mol. The van der Waals surface area contributed by atoms with Crippen molar-refractivity contribution in [2.24, 2.45) is 11.1 Å². The molecule has 0 amide bonds. The molecule has 2 saturated carbocycles. The highest BCUT2D eigenvalue weighted by atomic mass is 32.2. The van der Waals surface area contributed by atoms with E-state index in [0.29, 0.717) is 12.3 Å². The third-order valence-corrected chi connectivity index (χ3v) is 6.45. The molecule has 2 fully saturated rings. The Kier molecular flexibility index (Phi) is 3.08. The van der Waals surface area contributed by atoms with Gasteiger partial charge in [-0.25, -0.2) is 8.42 Å². The van der Waals surface area contributed by atoms with Crippen LogP contribution in [0.2, 0.25) is 0 Å². The first-order valence-electron chi connectivity index (χ1n) is 6.00. The van der Waals surface area contributed by atoms with Gasteiger partial charge in [-0.15, -0.1) is 0 Å². The van der Waals surface area contributed by atoms with Crippen molar-refractivity contribution in [1.29, 1.82) is 0 Å². The van der Waals surface area contributed by atoms with E-state index in [9.17, 15) is 8.42 Å². The predicted molar refractivity (Wildman–Crippen MR) is 61.4 cm³/mol. The summed E-state index contributed by atoms with van der Waals surface area (Å²) in [5.41, 5.74) is 5.61. The highest BCUT2D eigenvalue weighted by Gasteiger charge is 2.47. The van der Waals surface area contributed by atoms with E-state index < -0.39 is 9.84 Å². The van der Waals surface area contributed by atoms with Gasteiger partial charge in [-0.05, 0) is 44.1 Å². The van der Waals surface area contributed by atoms with Crippen LogP contribution in [-0.4, -0.2) is 26.0 Å². The molecule has 0 atom stereocenters. The van der Waals surface area contributed by atoms with Crippen LogP contribution in [0, 0.1) is 5.41 Å². The summed E-state index contributed by atoms with van der Waals surface area (Å²) in [5, 5.41) is -0.0345. The Balaban J connectivity index is 1.98. The minimum atomic E-state index is -2.83. The molecule has 0 spiro atoms. The summed E-state index contributed by atoms with van der Waals surface area (Å²) < 4.78 is 24.2. The summed E-state index contributed by atoms with van der Waals surface area (Å²) in [6, 6.07) is 0. The summed E-state index contributed by atoms with van der Waals surface area (Å²) in [7, 11) is -2.83. The normalized spacial score (nSPS) is 25.7. The molecule has 0 radical (unpaired) electrons. The molecule has 0 saturated heterocycles. The van der Waals surface area contributed by atoms with E-state index in [-0.39, 0.29) is 10.7 Å². The first-order chi connectivity index (χ1) is 7.08. The van der Waals surface area contributed by atoms with E-state index >= 15 is 0 Å². The van der Waals surface area contributed by atoms with Crippen molar-refractivity contribution in [2.75, 3.05) is 12.3 Å². The lowest BCUT2D eigenvalue weighted by molar-refractivity contribution is 0.504. The monoisotopic (exact) mass is 231 g/mol. The molecule has 0 bridgehead atoms. The molecule has 4 heteroatoms. The Labute approximate surface area is 92.3 Å². The lowest BCUT2D eigenvalue weighted by Gasteiger charge is -2.17. The maximum atomic E-state index is 12.1. The molecule has 0 heterocycles. The Bertz CT molecular complexity index is 313. The molecule has 0 unspecified atom stereocenters. The molecule has 2 aliphatic carbocycles. The molecule has 2 rings (SSSR count). The van der Waals surface area contributed by atoms with Gasteiger partial charge in [-0.1, -0.05) is 12.8 Å². The maximum absolute atomic E-state index is 12.1. The Morgan fingerprint density at radius 1 is 1.20 bits per heavy atom. The minimum absolute atomic E-state index is 0.0345. The van der Waals surface area contributed by atoms with Crippen molar-refractivity contribution in [3.8, 4) is 0 Å². The molecule has 0 aromatic carbocycles. The van der Waals surface area contributed by atoms with Crippen LogP contribution in [0.5, 0.6) is 0 Å². The van der Waals surface area contributed by atoms with Crippen molar-refractivity contribution in [1.82, 2.24) is 0 Å². The number of hydrogen-bond acceptors (Lipinski definition) is 3. The smallest absolute Gasteiger partial charge is 0.153 e. The fourth-order valence-electron chi connectivity index (χ4n) is 2.74. The summed E-state index contributed by atoms with van der Waals surface area (Å²) in [5.74, 6) is 0.405.